The lowest BCUT2D eigenvalue weighted by Gasteiger charge is -2.04. The number of nitrogens with zero attached hydrogens (tertiary/aromatic N) is 1. The first-order chi connectivity index (χ1) is 9.04. The third-order valence-electron chi connectivity index (χ3n) is 2.74. The molecule has 1 N–H and O–H groups in total. The van der Waals surface area contributed by atoms with Crippen molar-refractivity contribution in [1.29, 1.82) is 0 Å². The van der Waals surface area contributed by atoms with E-state index in [1.807, 2.05) is 13.0 Å². The molecule has 0 atom stereocenters. The van der Waals surface area contributed by atoms with Crippen molar-refractivity contribution in [2.24, 2.45) is 0 Å². The number of aromatic nitrogens is 1. The van der Waals surface area contributed by atoms with Crippen molar-refractivity contribution >= 4 is 23.6 Å². The molecule has 0 unspecified atom stereocenters. The maximum absolute atomic E-state index is 11.7. The minimum Gasteiger partial charge on any atom is -0.338 e. The van der Waals surface area contributed by atoms with Crippen LogP contribution in [0.15, 0.2) is 33.7 Å². The van der Waals surface area contributed by atoms with Crippen molar-refractivity contribution < 1.29 is 9.32 Å². The van der Waals surface area contributed by atoms with E-state index in [2.05, 4.69) is 36.5 Å². The average Bonchev–Trinajstić information content (AvgIpc) is 2.76. The number of hydrogen-bond donors (Lipinski definition) is 1. The van der Waals surface area contributed by atoms with Crippen LogP contribution in [0.1, 0.15) is 16.8 Å². The molecule has 2 rings (SSSR count). The summed E-state index contributed by atoms with van der Waals surface area (Å²) in [6, 6.07) is 7.87. The van der Waals surface area contributed by atoms with Gasteiger partial charge in [-0.2, -0.15) is 0 Å². The van der Waals surface area contributed by atoms with Crippen LogP contribution in [-0.4, -0.2) is 16.8 Å². The van der Waals surface area contributed by atoms with E-state index in [0.717, 1.165) is 10.6 Å². The Kier molecular flexibility index (Phi) is 4.27. The van der Waals surface area contributed by atoms with E-state index in [1.165, 1.54) is 22.9 Å². The van der Waals surface area contributed by atoms with E-state index in [4.69, 9.17) is 4.52 Å². The van der Waals surface area contributed by atoms with Crippen LogP contribution >= 0.6 is 11.8 Å². The number of carbonyl (C=O) groups is 1. The van der Waals surface area contributed by atoms with Crippen LogP contribution in [0.4, 0.5) is 5.88 Å². The maximum Gasteiger partial charge on any atom is 0.237 e. The molecule has 1 heterocycles. The van der Waals surface area contributed by atoms with Gasteiger partial charge in [0.05, 0.1) is 11.4 Å². The Hall–Kier alpha value is -1.75. The zero-order chi connectivity index (χ0) is 13.8. The fourth-order valence-corrected chi connectivity index (χ4v) is 2.34. The highest BCUT2D eigenvalue weighted by molar-refractivity contribution is 8.00. The minimum absolute atomic E-state index is 0.0978. The molecule has 100 valence electrons. The lowest BCUT2D eigenvalue weighted by Crippen LogP contribution is -2.13. The predicted octanol–water partition coefficient (Wildman–Crippen LogP) is 3.33. The summed E-state index contributed by atoms with van der Waals surface area (Å²) in [5.41, 5.74) is 3.24. The van der Waals surface area contributed by atoms with Crippen molar-refractivity contribution in [2.45, 2.75) is 25.7 Å². The van der Waals surface area contributed by atoms with E-state index in [9.17, 15) is 4.79 Å². The Morgan fingerprint density at radius 3 is 2.68 bits per heavy atom. The Bertz CT molecular complexity index is 593. The summed E-state index contributed by atoms with van der Waals surface area (Å²) in [6.45, 7) is 5.95. The maximum atomic E-state index is 11.7. The zero-order valence-corrected chi connectivity index (χ0v) is 12.0. The number of benzene rings is 1. The lowest BCUT2D eigenvalue weighted by molar-refractivity contribution is -0.113. The zero-order valence-electron chi connectivity index (χ0n) is 11.2. The molecule has 1 aromatic carbocycles. The Labute approximate surface area is 116 Å². The molecule has 5 heteroatoms. The van der Waals surface area contributed by atoms with Crippen LogP contribution < -0.4 is 5.32 Å². The van der Waals surface area contributed by atoms with Crippen molar-refractivity contribution in [1.82, 2.24) is 5.16 Å². The van der Waals surface area contributed by atoms with E-state index in [-0.39, 0.29) is 5.91 Å². The first-order valence-electron chi connectivity index (χ1n) is 5.98. The van der Waals surface area contributed by atoms with Crippen LogP contribution in [0.3, 0.4) is 0 Å². The SMILES string of the molecule is Cc1cc(NC(=O)CSc2ccc(C)c(C)c2)on1. The number of rotatable bonds is 4. The van der Waals surface area contributed by atoms with E-state index in [0.29, 0.717) is 11.6 Å². The molecule has 0 bridgehead atoms. The first-order valence-corrected chi connectivity index (χ1v) is 6.96. The van der Waals surface area contributed by atoms with E-state index in [1.54, 1.807) is 6.07 Å². The molecular formula is C14H16N2O2S. The molecule has 0 aliphatic rings. The van der Waals surface area contributed by atoms with Crippen molar-refractivity contribution in [3.05, 3.63) is 41.1 Å². The number of anilines is 1. The quantitative estimate of drug-likeness (QED) is 0.870. The highest BCUT2D eigenvalue weighted by atomic mass is 32.2. The van der Waals surface area contributed by atoms with Crippen LogP contribution in [0.5, 0.6) is 0 Å². The van der Waals surface area contributed by atoms with Crippen LogP contribution in [0.25, 0.3) is 0 Å². The Morgan fingerprint density at radius 2 is 2.05 bits per heavy atom. The monoisotopic (exact) mass is 276 g/mol. The molecule has 0 aliphatic carbocycles. The van der Waals surface area contributed by atoms with Crippen LogP contribution in [0, 0.1) is 20.8 Å². The van der Waals surface area contributed by atoms with E-state index >= 15 is 0 Å². The number of aryl methyl sites for hydroxylation is 3. The van der Waals surface area contributed by atoms with Crippen molar-refractivity contribution in [2.75, 3.05) is 11.1 Å². The smallest absolute Gasteiger partial charge is 0.237 e. The van der Waals surface area contributed by atoms with Gasteiger partial charge in [-0.05, 0) is 44.0 Å². The van der Waals surface area contributed by atoms with Gasteiger partial charge in [0.2, 0.25) is 11.8 Å². The molecule has 2 aromatic rings. The summed E-state index contributed by atoms with van der Waals surface area (Å²) in [6.07, 6.45) is 0. The average molecular weight is 276 g/mol. The standard InChI is InChI=1S/C14H16N2O2S/c1-9-4-5-12(6-10(9)2)19-8-13(17)15-14-7-11(3)16-18-14/h4-7H,8H2,1-3H3,(H,15,17). The van der Waals surface area contributed by atoms with Gasteiger partial charge >= 0.3 is 0 Å². The third kappa shape index (κ3) is 3.86. The van der Waals surface area contributed by atoms with Gasteiger partial charge < -0.3 is 4.52 Å². The van der Waals surface area contributed by atoms with Crippen molar-refractivity contribution in [3.63, 3.8) is 0 Å². The molecule has 0 radical (unpaired) electrons. The summed E-state index contributed by atoms with van der Waals surface area (Å²) in [7, 11) is 0. The minimum atomic E-state index is -0.0978. The van der Waals surface area contributed by atoms with Gasteiger partial charge in [0.15, 0.2) is 0 Å². The normalized spacial score (nSPS) is 10.5. The van der Waals surface area contributed by atoms with Gasteiger partial charge in [-0.3, -0.25) is 10.1 Å². The van der Waals surface area contributed by atoms with Crippen molar-refractivity contribution in [3.8, 4) is 0 Å². The summed E-state index contributed by atoms with van der Waals surface area (Å²) in [4.78, 5) is 12.8. The van der Waals surface area contributed by atoms with Gasteiger partial charge in [0.1, 0.15) is 0 Å². The van der Waals surface area contributed by atoms with Crippen LogP contribution in [-0.2, 0) is 4.79 Å². The molecular weight excluding hydrogens is 260 g/mol. The Morgan fingerprint density at radius 1 is 1.26 bits per heavy atom. The second-order valence-corrected chi connectivity index (χ2v) is 5.46. The number of carbonyl (C=O) groups excluding carboxylic acids is 1. The fraction of sp³-hybridized carbons (Fsp3) is 0.286. The predicted molar refractivity (Wildman–Crippen MR) is 76.5 cm³/mol. The largest absolute Gasteiger partial charge is 0.338 e. The third-order valence-corrected chi connectivity index (χ3v) is 3.73. The molecule has 0 saturated carbocycles. The van der Waals surface area contributed by atoms with Gasteiger partial charge in [0.25, 0.3) is 0 Å². The molecule has 1 aromatic heterocycles. The van der Waals surface area contributed by atoms with Gasteiger partial charge in [-0.15, -0.1) is 11.8 Å². The van der Waals surface area contributed by atoms with Gasteiger partial charge in [-0.1, -0.05) is 11.2 Å². The molecule has 1 amide bonds. The number of amides is 1. The van der Waals surface area contributed by atoms with Crippen LogP contribution in [0.2, 0.25) is 0 Å². The fourth-order valence-electron chi connectivity index (χ4n) is 1.55. The molecule has 4 nitrogen and oxygen atoms in total. The topological polar surface area (TPSA) is 55.1 Å². The van der Waals surface area contributed by atoms with E-state index < -0.39 is 0 Å². The van der Waals surface area contributed by atoms with Gasteiger partial charge in [0, 0.05) is 11.0 Å². The van der Waals surface area contributed by atoms with Gasteiger partial charge in [-0.25, -0.2) is 0 Å². The summed E-state index contributed by atoms with van der Waals surface area (Å²) < 4.78 is 4.93. The molecule has 0 fully saturated rings. The second-order valence-electron chi connectivity index (χ2n) is 4.42. The Balaban J connectivity index is 1.88. The summed E-state index contributed by atoms with van der Waals surface area (Å²) >= 11 is 1.50. The number of nitrogens with one attached hydrogen (secondary N) is 1. The second kappa shape index (κ2) is 5.93. The molecule has 0 spiro atoms. The highest BCUT2D eigenvalue weighted by Gasteiger charge is 2.07. The molecule has 0 saturated heterocycles. The lowest BCUT2D eigenvalue weighted by atomic mass is 10.1. The molecule has 0 aliphatic heterocycles. The number of thioether (sulfide) groups is 1. The molecule has 19 heavy (non-hydrogen) atoms. The summed E-state index contributed by atoms with van der Waals surface area (Å²) in [5, 5.41) is 6.38. The highest BCUT2D eigenvalue weighted by Crippen LogP contribution is 2.21. The summed E-state index contributed by atoms with van der Waals surface area (Å²) in [5.74, 6) is 0.643. The number of hydrogen-bond acceptors (Lipinski definition) is 4. The first kappa shape index (κ1) is 13.7.